The van der Waals surface area contributed by atoms with Crippen molar-refractivity contribution in [1.29, 1.82) is 0 Å². The number of aromatic amines is 1. The Labute approximate surface area is 75.2 Å². The molecule has 1 N–H and O–H groups in total. The first-order valence-electron chi connectivity index (χ1n) is 4.17. The summed E-state index contributed by atoms with van der Waals surface area (Å²) < 4.78 is 0. The largest absolute Gasteiger partial charge is 0.335 e. The van der Waals surface area contributed by atoms with E-state index in [-0.39, 0.29) is 11.5 Å². The Morgan fingerprint density at radius 3 is 2.77 bits per heavy atom. The summed E-state index contributed by atoms with van der Waals surface area (Å²) in [6.07, 6.45) is 1.48. The number of aromatic nitrogens is 1. The van der Waals surface area contributed by atoms with E-state index in [1.807, 2.05) is 0 Å². The maximum absolute atomic E-state index is 11.5. The van der Waals surface area contributed by atoms with Gasteiger partial charge in [-0.1, -0.05) is 0 Å². The Kier molecular flexibility index (Phi) is 1.69. The summed E-state index contributed by atoms with van der Waals surface area (Å²) in [5.41, 5.74) is 1.16. The number of nitrogens with one attached hydrogen (secondary N) is 1. The number of hydrogen-bond donors (Lipinski definition) is 1. The highest BCUT2D eigenvalue weighted by Crippen LogP contribution is 2.13. The number of nitrogens with zero attached hydrogens (tertiary/aromatic N) is 1. The lowest BCUT2D eigenvalue weighted by Crippen LogP contribution is -2.15. The molecule has 0 atom stereocenters. The van der Waals surface area contributed by atoms with E-state index in [1.54, 1.807) is 11.8 Å². The molecule has 2 heterocycles. The second-order valence-corrected chi connectivity index (χ2v) is 3.19. The third-order valence-corrected chi connectivity index (χ3v) is 2.10. The summed E-state index contributed by atoms with van der Waals surface area (Å²) in [6.45, 7) is 3.43. The zero-order valence-electron chi connectivity index (χ0n) is 7.33. The third-order valence-electron chi connectivity index (χ3n) is 2.10. The van der Waals surface area contributed by atoms with Crippen LogP contribution in [0.1, 0.15) is 15.9 Å². The molecule has 4 heteroatoms. The average Bonchev–Trinajstić information content (AvgIpc) is 2.85. The van der Waals surface area contributed by atoms with E-state index in [9.17, 15) is 9.59 Å². The molecule has 0 spiro atoms. The van der Waals surface area contributed by atoms with Crippen LogP contribution in [0.2, 0.25) is 0 Å². The number of H-pyrrole nitrogens is 1. The summed E-state index contributed by atoms with van der Waals surface area (Å²) in [6, 6.07) is 1.44. The van der Waals surface area contributed by atoms with E-state index in [0.29, 0.717) is 5.56 Å². The molecule has 1 aromatic heterocycles. The molecule has 0 aliphatic carbocycles. The molecule has 2 rings (SSSR count). The van der Waals surface area contributed by atoms with Crippen LogP contribution in [0, 0.1) is 6.92 Å². The van der Waals surface area contributed by atoms with Crippen LogP contribution in [-0.4, -0.2) is 28.9 Å². The van der Waals surface area contributed by atoms with Crippen LogP contribution in [0.5, 0.6) is 0 Å². The van der Waals surface area contributed by atoms with Crippen LogP contribution in [0.15, 0.2) is 17.1 Å². The SMILES string of the molecule is Cc1cc(=O)[nH]cc1C(=O)N1CC1. The minimum Gasteiger partial charge on any atom is -0.335 e. The van der Waals surface area contributed by atoms with Crippen LogP contribution in [0.25, 0.3) is 0 Å². The van der Waals surface area contributed by atoms with Crippen LogP contribution in [0.4, 0.5) is 0 Å². The van der Waals surface area contributed by atoms with Crippen LogP contribution < -0.4 is 5.56 Å². The van der Waals surface area contributed by atoms with Crippen LogP contribution in [0.3, 0.4) is 0 Å². The van der Waals surface area contributed by atoms with Gasteiger partial charge in [-0.3, -0.25) is 9.59 Å². The normalized spacial score (nSPS) is 14.4. The summed E-state index contributed by atoms with van der Waals surface area (Å²) in [5, 5.41) is 0. The fourth-order valence-corrected chi connectivity index (χ4v) is 1.23. The minimum absolute atomic E-state index is 0.00810. The minimum atomic E-state index is -0.167. The monoisotopic (exact) mass is 178 g/mol. The molecule has 68 valence electrons. The Hall–Kier alpha value is -1.58. The first-order valence-corrected chi connectivity index (χ1v) is 4.17. The van der Waals surface area contributed by atoms with Gasteiger partial charge in [-0.25, -0.2) is 0 Å². The summed E-state index contributed by atoms with van der Waals surface area (Å²) in [5.74, 6) is 0.00810. The predicted molar refractivity (Wildman–Crippen MR) is 47.7 cm³/mol. The lowest BCUT2D eigenvalue weighted by Gasteiger charge is -2.03. The summed E-state index contributed by atoms with van der Waals surface area (Å²) in [7, 11) is 0. The van der Waals surface area contributed by atoms with Gasteiger partial charge in [-0.2, -0.15) is 0 Å². The van der Waals surface area contributed by atoms with Gasteiger partial charge in [0, 0.05) is 25.4 Å². The van der Waals surface area contributed by atoms with Gasteiger partial charge in [0.1, 0.15) is 0 Å². The van der Waals surface area contributed by atoms with Crippen molar-refractivity contribution in [3.8, 4) is 0 Å². The van der Waals surface area contributed by atoms with Gasteiger partial charge in [-0.15, -0.1) is 0 Å². The van der Waals surface area contributed by atoms with Crippen molar-refractivity contribution in [1.82, 2.24) is 9.88 Å². The molecule has 1 aliphatic heterocycles. The Balaban J connectivity index is 2.39. The van der Waals surface area contributed by atoms with Crippen molar-refractivity contribution < 1.29 is 4.79 Å². The zero-order chi connectivity index (χ0) is 9.42. The molecule has 1 fully saturated rings. The van der Waals surface area contributed by atoms with E-state index in [2.05, 4.69) is 4.98 Å². The standard InChI is InChI=1S/C9H10N2O2/c1-6-4-8(12)10-5-7(6)9(13)11-2-3-11/h4-5H,2-3H2,1H3,(H,10,12). The predicted octanol–water partition coefficient (Wildman–Crippen LogP) is 0.139. The number of pyridine rings is 1. The molecule has 0 radical (unpaired) electrons. The van der Waals surface area contributed by atoms with Gasteiger partial charge < -0.3 is 9.88 Å². The van der Waals surface area contributed by atoms with Gasteiger partial charge in [0.05, 0.1) is 5.56 Å². The van der Waals surface area contributed by atoms with Crippen LogP contribution >= 0.6 is 0 Å². The smallest absolute Gasteiger partial charge is 0.255 e. The number of rotatable bonds is 1. The third kappa shape index (κ3) is 1.47. The highest BCUT2D eigenvalue weighted by atomic mass is 16.2. The highest BCUT2D eigenvalue weighted by Gasteiger charge is 2.26. The van der Waals surface area contributed by atoms with Gasteiger partial charge in [0.15, 0.2) is 0 Å². The molecular formula is C9H10N2O2. The average molecular weight is 178 g/mol. The second kappa shape index (κ2) is 2.73. The number of aryl methyl sites for hydroxylation is 1. The zero-order valence-corrected chi connectivity index (χ0v) is 7.33. The molecule has 0 saturated carbocycles. The number of amides is 1. The number of carbonyl (C=O) groups excluding carboxylic acids is 1. The van der Waals surface area contributed by atoms with E-state index in [0.717, 1.165) is 18.7 Å². The van der Waals surface area contributed by atoms with Crippen molar-refractivity contribution >= 4 is 5.91 Å². The first-order chi connectivity index (χ1) is 6.18. The van der Waals surface area contributed by atoms with Crippen molar-refractivity contribution in [3.05, 3.63) is 33.7 Å². The van der Waals surface area contributed by atoms with Crippen molar-refractivity contribution in [3.63, 3.8) is 0 Å². The second-order valence-electron chi connectivity index (χ2n) is 3.19. The molecule has 0 bridgehead atoms. The molecular weight excluding hydrogens is 168 g/mol. The Bertz CT molecular complexity index is 404. The fraction of sp³-hybridized carbons (Fsp3) is 0.333. The lowest BCUT2D eigenvalue weighted by atomic mass is 10.1. The van der Waals surface area contributed by atoms with Gasteiger partial charge in [-0.05, 0) is 12.5 Å². The molecule has 1 aliphatic rings. The molecule has 1 aromatic rings. The van der Waals surface area contributed by atoms with E-state index >= 15 is 0 Å². The highest BCUT2D eigenvalue weighted by molar-refractivity contribution is 5.96. The maximum Gasteiger partial charge on any atom is 0.255 e. The van der Waals surface area contributed by atoms with Gasteiger partial charge in [0.2, 0.25) is 5.56 Å². The first kappa shape index (κ1) is 8.04. The van der Waals surface area contributed by atoms with Gasteiger partial charge >= 0.3 is 0 Å². The van der Waals surface area contributed by atoms with Crippen molar-refractivity contribution in [2.45, 2.75) is 6.92 Å². The molecule has 0 aromatic carbocycles. The quantitative estimate of drug-likeness (QED) is 0.622. The lowest BCUT2D eigenvalue weighted by molar-refractivity contribution is 0.0884. The topological polar surface area (TPSA) is 52.9 Å². The Morgan fingerprint density at radius 1 is 1.54 bits per heavy atom. The van der Waals surface area contributed by atoms with E-state index in [4.69, 9.17) is 0 Å². The van der Waals surface area contributed by atoms with E-state index in [1.165, 1.54) is 12.3 Å². The molecule has 13 heavy (non-hydrogen) atoms. The number of hydrogen-bond acceptors (Lipinski definition) is 2. The molecule has 4 nitrogen and oxygen atoms in total. The molecule has 1 amide bonds. The van der Waals surface area contributed by atoms with Crippen LogP contribution in [-0.2, 0) is 0 Å². The molecule has 1 saturated heterocycles. The summed E-state index contributed by atoms with van der Waals surface area (Å²) in [4.78, 5) is 26.6. The van der Waals surface area contributed by atoms with E-state index < -0.39 is 0 Å². The molecule has 0 unspecified atom stereocenters. The number of carbonyl (C=O) groups is 1. The summed E-state index contributed by atoms with van der Waals surface area (Å²) >= 11 is 0. The Morgan fingerprint density at radius 2 is 2.23 bits per heavy atom. The fourth-order valence-electron chi connectivity index (χ4n) is 1.23. The van der Waals surface area contributed by atoms with Crippen molar-refractivity contribution in [2.24, 2.45) is 0 Å². The van der Waals surface area contributed by atoms with Gasteiger partial charge in [0.25, 0.3) is 5.91 Å². The maximum atomic E-state index is 11.5. The van der Waals surface area contributed by atoms with Crippen molar-refractivity contribution in [2.75, 3.05) is 13.1 Å².